The summed E-state index contributed by atoms with van der Waals surface area (Å²) in [6.45, 7) is 23.6. The molecule has 3 rings (SSSR count). The van der Waals surface area contributed by atoms with Crippen LogP contribution in [-0.2, 0) is 9.59 Å². The van der Waals surface area contributed by atoms with E-state index in [0.717, 1.165) is 22.4 Å². The molecular weight excluding hydrogens is 436 g/mol. The maximum atomic E-state index is 13.7. The van der Waals surface area contributed by atoms with E-state index in [1.807, 2.05) is 89.7 Å². The van der Waals surface area contributed by atoms with Gasteiger partial charge in [0.1, 0.15) is 17.9 Å². The minimum absolute atomic E-state index is 0.0162. The number of nitrogens with zero attached hydrogens (tertiary/aromatic N) is 4. The quantitative estimate of drug-likeness (QED) is 0.435. The Hall–Kier alpha value is -3.02. The van der Waals surface area contributed by atoms with Crippen LogP contribution in [0.5, 0.6) is 0 Å². The largest absolute Gasteiger partial charge is 0.307 e. The van der Waals surface area contributed by atoms with Gasteiger partial charge in [-0.1, -0.05) is 97.2 Å². The van der Waals surface area contributed by atoms with Gasteiger partial charge in [0.25, 0.3) is 0 Å². The number of carbonyl (C=O) groups is 2. The number of benzene rings is 1. The highest BCUT2D eigenvalue weighted by molar-refractivity contribution is 5.97. The van der Waals surface area contributed by atoms with Gasteiger partial charge in [-0.05, 0) is 30.6 Å². The standard InChI is InChI=1S/C25H32N4O2.2C2H6/c1-8-18-15-29(24(31)16(3)14-25(5,6)17(4)30)21-13-11-10-12-20(21)23-22(19(18)9-2)26-27-28(23)7;2*1-2/h8-13,16,22-23H,1-2,14-15H2,3-7H3;2*1-2H3/b19-18-;;. The zero-order valence-electron chi connectivity index (χ0n) is 23.1. The Morgan fingerprint density at radius 3 is 2.29 bits per heavy atom. The van der Waals surface area contributed by atoms with Gasteiger partial charge in [-0.15, -0.1) is 0 Å². The van der Waals surface area contributed by atoms with E-state index in [4.69, 9.17) is 0 Å². The van der Waals surface area contributed by atoms with E-state index < -0.39 is 5.41 Å². The Labute approximate surface area is 212 Å². The molecule has 0 saturated carbocycles. The summed E-state index contributed by atoms with van der Waals surface area (Å²) in [6, 6.07) is 7.57. The second-order valence-corrected chi connectivity index (χ2v) is 9.09. The van der Waals surface area contributed by atoms with Crippen LogP contribution in [0.1, 0.15) is 73.4 Å². The summed E-state index contributed by atoms with van der Waals surface area (Å²) in [7, 11) is 1.89. The number of anilines is 1. The van der Waals surface area contributed by atoms with Crippen molar-refractivity contribution >= 4 is 17.4 Å². The average molecular weight is 481 g/mol. The van der Waals surface area contributed by atoms with Crippen molar-refractivity contribution in [3.8, 4) is 0 Å². The Morgan fingerprint density at radius 2 is 1.74 bits per heavy atom. The molecule has 192 valence electrons. The van der Waals surface area contributed by atoms with Gasteiger partial charge in [0.2, 0.25) is 5.91 Å². The number of para-hydroxylation sites is 1. The number of hydrogen-bond donors (Lipinski definition) is 0. The first kappa shape index (κ1) is 30.0. The highest BCUT2D eigenvalue weighted by Gasteiger charge is 2.40. The van der Waals surface area contributed by atoms with Crippen LogP contribution in [0.25, 0.3) is 0 Å². The van der Waals surface area contributed by atoms with E-state index in [2.05, 4.69) is 23.5 Å². The van der Waals surface area contributed by atoms with E-state index in [9.17, 15) is 9.59 Å². The number of fused-ring (bicyclic) bond motifs is 3. The van der Waals surface area contributed by atoms with Gasteiger partial charge in [-0.2, -0.15) is 5.11 Å². The Bertz CT molecular complexity index is 977. The lowest BCUT2D eigenvalue weighted by molar-refractivity contribution is -0.128. The fraction of sp³-hybridized carbons (Fsp3) is 0.517. The first-order chi connectivity index (χ1) is 16.6. The fourth-order valence-corrected chi connectivity index (χ4v) is 4.48. The molecule has 0 bridgehead atoms. The molecule has 35 heavy (non-hydrogen) atoms. The van der Waals surface area contributed by atoms with Gasteiger partial charge in [-0.25, -0.2) is 0 Å². The van der Waals surface area contributed by atoms with E-state index in [1.54, 1.807) is 19.1 Å². The maximum Gasteiger partial charge on any atom is 0.230 e. The number of amides is 1. The van der Waals surface area contributed by atoms with Gasteiger partial charge >= 0.3 is 0 Å². The molecule has 0 fully saturated rings. The normalized spacial score (nSPS) is 21.6. The number of likely N-dealkylation sites (N-methyl/N-ethyl adjacent to an activating group) is 1. The number of carbonyl (C=O) groups excluding carboxylic acids is 2. The smallest absolute Gasteiger partial charge is 0.230 e. The zero-order valence-corrected chi connectivity index (χ0v) is 23.1. The molecule has 3 unspecified atom stereocenters. The molecule has 6 nitrogen and oxygen atoms in total. The maximum absolute atomic E-state index is 13.7. The van der Waals surface area contributed by atoms with E-state index >= 15 is 0 Å². The summed E-state index contributed by atoms with van der Waals surface area (Å²) in [5.74, 6) is -0.256. The topological polar surface area (TPSA) is 65.3 Å². The number of hydrogen-bond acceptors (Lipinski definition) is 5. The summed E-state index contributed by atoms with van der Waals surface area (Å²) >= 11 is 0. The Balaban J connectivity index is 0.00000145. The lowest BCUT2D eigenvalue weighted by atomic mass is 9.79. The molecule has 6 heteroatoms. The molecule has 1 aromatic carbocycles. The Kier molecular flexibility index (Phi) is 11.3. The van der Waals surface area contributed by atoms with Crippen LogP contribution in [0.2, 0.25) is 0 Å². The van der Waals surface area contributed by atoms with Crippen LogP contribution >= 0.6 is 0 Å². The van der Waals surface area contributed by atoms with E-state index in [-0.39, 0.29) is 29.7 Å². The van der Waals surface area contributed by atoms with Gasteiger partial charge in [0, 0.05) is 29.6 Å². The van der Waals surface area contributed by atoms with Crippen molar-refractivity contribution < 1.29 is 9.59 Å². The highest BCUT2D eigenvalue weighted by atomic mass is 16.2. The Morgan fingerprint density at radius 1 is 1.14 bits per heavy atom. The molecule has 0 N–H and O–H groups in total. The summed E-state index contributed by atoms with van der Waals surface area (Å²) in [5, 5.41) is 10.6. The minimum atomic E-state index is -0.560. The molecule has 0 aliphatic carbocycles. The van der Waals surface area contributed by atoms with Crippen LogP contribution < -0.4 is 4.90 Å². The molecule has 2 aliphatic rings. The third-order valence-electron chi connectivity index (χ3n) is 6.51. The monoisotopic (exact) mass is 480 g/mol. The molecule has 0 spiro atoms. The molecule has 1 aromatic rings. The summed E-state index contributed by atoms with van der Waals surface area (Å²) in [5.41, 5.74) is 3.11. The highest BCUT2D eigenvalue weighted by Crippen LogP contribution is 2.43. The van der Waals surface area contributed by atoms with E-state index in [0.29, 0.717) is 13.0 Å². The summed E-state index contributed by atoms with van der Waals surface area (Å²) in [4.78, 5) is 27.6. The predicted molar refractivity (Wildman–Crippen MR) is 146 cm³/mol. The van der Waals surface area contributed by atoms with E-state index in [1.165, 1.54) is 0 Å². The van der Waals surface area contributed by atoms with Gasteiger partial charge in [0.15, 0.2) is 0 Å². The zero-order chi connectivity index (χ0) is 26.9. The number of rotatable bonds is 6. The molecule has 0 radical (unpaired) electrons. The third kappa shape index (κ3) is 6.36. The van der Waals surface area contributed by atoms with Crippen molar-refractivity contribution in [2.45, 2.75) is 73.9 Å². The molecule has 2 aliphatic heterocycles. The SMILES string of the molecule is C=C/C1=C(\C=C)C2N=NN(C)C2c2ccccc2N(C(=O)C(C)CC(C)(C)C(C)=O)C1.CC.CC. The molecule has 2 heterocycles. The lowest BCUT2D eigenvalue weighted by Crippen LogP contribution is -2.42. The molecule has 0 aromatic heterocycles. The first-order valence-electron chi connectivity index (χ1n) is 12.6. The predicted octanol–water partition coefficient (Wildman–Crippen LogP) is 7.12. The third-order valence-corrected chi connectivity index (χ3v) is 6.51. The van der Waals surface area contributed by atoms with Crippen LogP contribution in [0.15, 0.2) is 71.1 Å². The van der Waals surface area contributed by atoms with Crippen LogP contribution in [0.3, 0.4) is 0 Å². The van der Waals surface area contributed by atoms with Gasteiger partial charge in [0.05, 0.1) is 6.54 Å². The van der Waals surface area contributed by atoms with Gasteiger partial charge < -0.3 is 4.90 Å². The summed E-state index contributed by atoms with van der Waals surface area (Å²) < 4.78 is 0. The molecule has 3 atom stereocenters. The van der Waals surface area contributed by atoms with Gasteiger partial charge in [-0.3, -0.25) is 14.6 Å². The number of ketones is 1. The van der Waals surface area contributed by atoms with Crippen molar-refractivity contribution in [3.63, 3.8) is 0 Å². The second kappa shape index (κ2) is 13.2. The first-order valence-corrected chi connectivity index (χ1v) is 12.6. The fourth-order valence-electron chi connectivity index (χ4n) is 4.48. The second-order valence-electron chi connectivity index (χ2n) is 9.09. The molecular formula is C29H44N4O2. The van der Waals surface area contributed by atoms with Crippen molar-refractivity contribution in [1.82, 2.24) is 5.01 Å². The average Bonchev–Trinajstić information content (AvgIpc) is 3.22. The minimum Gasteiger partial charge on any atom is -0.307 e. The van der Waals surface area contributed by atoms with Crippen molar-refractivity contribution in [1.29, 1.82) is 0 Å². The van der Waals surface area contributed by atoms with Crippen molar-refractivity contribution in [2.24, 2.45) is 21.7 Å². The number of Topliss-reactive ketones (excluding diaryl/α,β-unsaturated/α-hetero) is 1. The molecule has 1 amide bonds. The van der Waals surface area contributed by atoms with Crippen LogP contribution in [0.4, 0.5) is 5.69 Å². The van der Waals surface area contributed by atoms with Crippen molar-refractivity contribution in [2.75, 3.05) is 18.5 Å². The molecule has 0 saturated heterocycles. The van der Waals surface area contributed by atoms with Crippen molar-refractivity contribution in [3.05, 3.63) is 66.3 Å². The lowest BCUT2D eigenvalue weighted by Gasteiger charge is -2.36. The summed E-state index contributed by atoms with van der Waals surface area (Å²) in [6.07, 6.45) is 4.06. The van der Waals surface area contributed by atoms with Crippen LogP contribution in [0, 0.1) is 11.3 Å². The van der Waals surface area contributed by atoms with Crippen LogP contribution in [-0.4, -0.2) is 36.3 Å².